The zero-order valence-corrected chi connectivity index (χ0v) is 23.4. The Hall–Kier alpha value is -0.196. The van der Waals surface area contributed by atoms with Crippen molar-refractivity contribution >= 4 is 22.7 Å². The standard InChI is InChI=1S/2C11H13Si.2ClH.Hf/c2*1-12(2)11-8-7-9-5-3-4-6-10(9)11;;;/h2*3-8,11H,1-2H3;2*1H;/q;;;;+2/p-2. The molecule has 0 heterocycles. The van der Waals surface area contributed by atoms with Crippen molar-refractivity contribution in [3.05, 3.63) is 82.9 Å². The van der Waals surface area contributed by atoms with Gasteiger partial charge in [0.15, 0.2) is 0 Å². The minimum Gasteiger partial charge on any atom is -1.00 e. The van der Waals surface area contributed by atoms with Crippen molar-refractivity contribution in [2.24, 2.45) is 0 Å². The summed E-state index contributed by atoms with van der Waals surface area (Å²) in [5.74, 6) is 0. The SMILES string of the molecule is C[Si](C)([Hf+2][Si](C)(C)C1C=Cc2ccccc21)C1C=Cc2ccccc21.[Cl-].[Cl-]. The summed E-state index contributed by atoms with van der Waals surface area (Å²) in [4.78, 5) is 0. The monoisotopic (exact) mass is 596 g/mol. The van der Waals surface area contributed by atoms with E-state index in [-0.39, 0.29) is 24.8 Å². The van der Waals surface area contributed by atoms with Gasteiger partial charge >= 0.3 is 164 Å². The van der Waals surface area contributed by atoms with E-state index in [0.29, 0.717) is 0 Å². The molecule has 0 nitrogen and oxygen atoms in total. The van der Waals surface area contributed by atoms with E-state index < -0.39 is 31.8 Å². The molecule has 0 saturated heterocycles. The molecule has 0 N–H and O–H groups in total. The molecule has 2 aromatic rings. The predicted molar refractivity (Wildman–Crippen MR) is 111 cm³/mol. The molecule has 140 valence electrons. The molecule has 0 saturated carbocycles. The second-order valence-electron chi connectivity index (χ2n) is 8.50. The minimum atomic E-state index is -1.21. The van der Waals surface area contributed by atoms with Gasteiger partial charge in [-0.05, 0) is 0 Å². The molecule has 2 aromatic carbocycles. The Bertz CT molecular complexity index is 803. The van der Waals surface area contributed by atoms with Crippen molar-refractivity contribution in [3.63, 3.8) is 0 Å². The zero-order chi connectivity index (χ0) is 17.7. The van der Waals surface area contributed by atoms with Crippen molar-refractivity contribution in [2.75, 3.05) is 0 Å². The van der Waals surface area contributed by atoms with Gasteiger partial charge in [0, 0.05) is 0 Å². The first-order valence-corrected chi connectivity index (χ1v) is 26.2. The molecule has 0 amide bonds. The van der Waals surface area contributed by atoms with Crippen LogP contribution in [0.25, 0.3) is 12.2 Å². The van der Waals surface area contributed by atoms with Crippen molar-refractivity contribution in [2.45, 2.75) is 37.3 Å². The van der Waals surface area contributed by atoms with Gasteiger partial charge in [0.25, 0.3) is 0 Å². The number of rotatable bonds is 4. The number of halogens is 2. The molecule has 0 radical (unpaired) electrons. The molecule has 5 heteroatoms. The molecule has 0 fully saturated rings. The molecule has 2 atom stereocenters. The smallest absolute Gasteiger partial charge is 1.00 e. The Kier molecular flexibility index (Phi) is 7.41. The molecule has 0 bridgehead atoms. The average molecular weight is 596 g/mol. The van der Waals surface area contributed by atoms with Crippen LogP contribution in [-0.2, 0) is 21.2 Å². The molecule has 2 aliphatic carbocycles. The Balaban J connectivity index is 0.00000131. The molecular weight excluding hydrogens is 570 g/mol. The van der Waals surface area contributed by atoms with Gasteiger partial charge in [-0.2, -0.15) is 0 Å². The molecular formula is C22H26Cl2HfSi2. The average Bonchev–Trinajstić information content (AvgIpc) is 3.18. The summed E-state index contributed by atoms with van der Waals surface area (Å²) in [6.45, 7) is 10.8. The van der Waals surface area contributed by atoms with Gasteiger partial charge in [-0.1, -0.05) is 0 Å². The van der Waals surface area contributed by atoms with Gasteiger partial charge in [-0.25, -0.2) is 0 Å². The van der Waals surface area contributed by atoms with E-state index in [4.69, 9.17) is 0 Å². The van der Waals surface area contributed by atoms with Crippen LogP contribution < -0.4 is 24.8 Å². The fourth-order valence-corrected chi connectivity index (χ4v) is 85.0. The van der Waals surface area contributed by atoms with Gasteiger partial charge in [0.1, 0.15) is 0 Å². The quantitative estimate of drug-likeness (QED) is 0.443. The third-order valence-electron chi connectivity index (χ3n) is 5.80. The van der Waals surface area contributed by atoms with E-state index in [0.717, 1.165) is 11.1 Å². The van der Waals surface area contributed by atoms with E-state index >= 15 is 0 Å². The van der Waals surface area contributed by atoms with E-state index in [1.807, 2.05) is 0 Å². The van der Waals surface area contributed by atoms with Crippen LogP contribution in [0.3, 0.4) is 0 Å². The molecule has 2 unspecified atom stereocenters. The molecule has 2 aliphatic rings. The van der Waals surface area contributed by atoms with Crippen LogP contribution in [0.2, 0.25) is 26.2 Å². The van der Waals surface area contributed by atoms with Crippen molar-refractivity contribution in [1.29, 1.82) is 0 Å². The van der Waals surface area contributed by atoms with E-state index in [1.165, 1.54) is 11.1 Å². The molecule has 4 rings (SSSR count). The maximum Gasteiger partial charge on any atom is -1.00 e. The van der Waals surface area contributed by atoms with E-state index in [9.17, 15) is 0 Å². The topological polar surface area (TPSA) is 0 Å². The molecule has 0 aliphatic heterocycles. The second-order valence-corrected chi connectivity index (χ2v) is 53.5. The van der Waals surface area contributed by atoms with Gasteiger partial charge < -0.3 is 24.8 Å². The van der Waals surface area contributed by atoms with E-state index in [1.54, 1.807) is 11.1 Å². The Morgan fingerprint density at radius 1 is 0.630 bits per heavy atom. The number of fused-ring (bicyclic) bond motifs is 2. The fourth-order valence-electron chi connectivity index (χ4n) is 4.74. The Labute approximate surface area is 187 Å². The number of allylic oxidation sites excluding steroid dienone is 2. The zero-order valence-electron chi connectivity index (χ0n) is 16.3. The first-order valence-electron chi connectivity index (χ1n) is 9.22. The maximum absolute atomic E-state index is 2.70. The first kappa shape index (κ1) is 23.1. The summed E-state index contributed by atoms with van der Waals surface area (Å²) >= 11 is -0.719. The normalized spacial score (nSPS) is 19.6. The minimum absolute atomic E-state index is 0. The van der Waals surface area contributed by atoms with Crippen LogP contribution in [0.4, 0.5) is 0 Å². The fraction of sp³-hybridized carbons (Fsp3) is 0.273. The summed E-state index contributed by atoms with van der Waals surface area (Å²) in [6.07, 6.45) is 9.87. The van der Waals surface area contributed by atoms with Crippen molar-refractivity contribution < 1.29 is 46.1 Å². The maximum atomic E-state index is 2.70. The summed E-state index contributed by atoms with van der Waals surface area (Å²) in [5.41, 5.74) is 7.72. The first-order chi connectivity index (χ1) is 11.9. The summed E-state index contributed by atoms with van der Waals surface area (Å²) in [7, 11) is 0. The number of hydrogen-bond acceptors (Lipinski definition) is 0. The predicted octanol–water partition coefficient (Wildman–Crippen LogP) is 0.187. The van der Waals surface area contributed by atoms with Crippen LogP contribution in [0, 0.1) is 0 Å². The number of hydrogen-bond donors (Lipinski definition) is 0. The second kappa shape index (κ2) is 8.66. The van der Waals surface area contributed by atoms with Gasteiger partial charge in [0.05, 0.1) is 0 Å². The number of benzene rings is 2. The van der Waals surface area contributed by atoms with Crippen LogP contribution in [0.5, 0.6) is 0 Å². The van der Waals surface area contributed by atoms with E-state index in [2.05, 4.69) is 99.0 Å². The van der Waals surface area contributed by atoms with Gasteiger partial charge in [-0.3, -0.25) is 0 Å². The van der Waals surface area contributed by atoms with Crippen LogP contribution in [-0.4, -0.2) is 10.5 Å². The van der Waals surface area contributed by atoms with Crippen LogP contribution in [0.15, 0.2) is 60.7 Å². The van der Waals surface area contributed by atoms with Gasteiger partial charge in [-0.15, -0.1) is 0 Å². The molecule has 0 spiro atoms. The van der Waals surface area contributed by atoms with Crippen LogP contribution >= 0.6 is 0 Å². The van der Waals surface area contributed by atoms with Gasteiger partial charge in [0.2, 0.25) is 0 Å². The van der Waals surface area contributed by atoms with Crippen molar-refractivity contribution in [1.82, 2.24) is 0 Å². The largest absolute Gasteiger partial charge is 1.00 e. The van der Waals surface area contributed by atoms with Crippen molar-refractivity contribution in [3.8, 4) is 0 Å². The summed E-state index contributed by atoms with van der Waals surface area (Å²) < 4.78 is 0. The van der Waals surface area contributed by atoms with Crippen LogP contribution in [0.1, 0.15) is 33.3 Å². The summed E-state index contributed by atoms with van der Waals surface area (Å²) in [6, 6.07) is 18.2. The molecule has 27 heavy (non-hydrogen) atoms. The Morgan fingerprint density at radius 3 is 1.41 bits per heavy atom. The Morgan fingerprint density at radius 2 is 1.00 bits per heavy atom. The third-order valence-corrected chi connectivity index (χ3v) is 63.4. The molecule has 0 aromatic heterocycles. The summed E-state index contributed by atoms with van der Waals surface area (Å²) in [5, 5.41) is -2.42. The third kappa shape index (κ3) is 4.38.